The summed E-state index contributed by atoms with van der Waals surface area (Å²) in [6.45, 7) is 2.80. The average Bonchev–Trinajstić information content (AvgIpc) is 2.47. The Hall–Kier alpha value is -1.06. The van der Waals surface area contributed by atoms with E-state index in [4.69, 9.17) is 0 Å². The fourth-order valence-electron chi connectivity index (χ4n) is 3.15. The van der Waals surface area contributed by atoms with E-state index in [9.17, 15) is 4.79 Å². The Labute approximate surface area is 133 Å². The molecule has 1 atom stereocenters. The molecule has 116 valence electrons. The third-order valence-electron chi connectivity index (χ3n) is 4.65. The van der Waals surface area contributed by atoms with Crippen molar-refractivity contribution in [2.24, 2.45) is 11.8 Å². The van der Waals surface area contributed by atoms with Gasteiger partial charge in [0.25, 0.3) is 0 Å². The highest BCUT2D eigenvalue weighted by Crippen LogP contribution is 2.30. The quantitative estimate of drug-likeness (QED) is 0.926. The zero-order chi connectivity index (χ0) is 13.8. The van der Waals surface area contributed by atoms with Crippen molar-refractivity contribution in [2.75, 3.05) is 24.5 Å². The fraction of sp³-hybridized carbons (Fsp3) is 0.588. The molecule has 1 N–H and O–H groups in total. The van der Waals surface area contributed by atoms with Crippen LogP contribution in [0.2, 0.25) is 0 Å². The molecule has 1 saturated carbocycles. The summed E-state index contributed by atoms with van der Waals surface area (Å²) < 4.78 is 0. The molecule has 4 heteroatoms. The van der Waals surface area contributed by atoms with Gasteiger partial charge in [-0.25, -0.2) is 0 Å². The fourth-order valence-corrected chi connectivity index (χ4v) is 3.15. The van der Waals surface area contributed by atoms with Gasteiger partial charge in [0.05, 0.1) is 5.92 Å². The van der Waals surface area contributed by atoms with Gasteiger partial charge in [-0.3, -0.25) is 4.79 Å². The van der Waals surface area contributed by atoms with Crippen molar-refractivity contribution in [1.82, 2.24) is 5.32 Å². The number of amides is 1. The summed E-state index contributed by atoms with van der Waals surface area (Å²) in [5.41, 5.74) is 1.06. The van der Waals surface area contributed by atoms with Crippen LogP contribution in [-0.2, 0) is 4.79 Å². The SMILES string of the molecule is Cl.O=C(C1CCCNC1)N(CC1CCC1)c1ccccc1. The molecule has 1 amide bonds. The van der Waals surface area contributed by atoms with Crippen LogP contribution in [0.1, 0.15) is 32.1 Å². The molecule has 0 bridgehead atoms. The summed E-state index contributed by atoms with van der Waals surface area (Å²) in [4.78, 5) is 14.9. The van der Waals surface area contributed by atoms with E-state index in [0.29, 0.717) is 11.8 Å². The predicted molar refractivity (Wildman–Crippen MR) is 89.0 cm³/mol. The minimum atomic E-state index is 0. The van der Waals surface area contributed by atoms with Crippen LogP contribution in [0.3, 0.4) is 0 Å². The van der Waals surface area contributed by atoms with Crippen molar-refractivity contribution in [3.63, 3.8) is 0 Å². The Kier molecular flexibility index (Phi) is 6.07. The van der Waals surface area contributed by atoms with Crippen LogP contribution in [0, 0.1) is 11.8 Å². The zero-order valence-corrected chi connectivity index (χ0v) is 13.3. The minimum absolute atomic E-state index is 0. The molecule has 1 unspecified atom stereocenters. The third-order valence-corrected chi connectivity index (χ3v) is 4.65. The lowest BCUT2D eigenvalue weighted by molar-refractivity contribution is -0.123. The molecule has 3 rings (SSSR count). The summed E-state index contributed by atoms with van der Waals surface area (Å²) in [7, 11) is 0. The van der Waals surface area contributed by atoms with E-state index < -0.39 is 0 Å². The number of carbonyl (C=O) groups is 1. The van der Waals surface area contributed by atoms with Crippen molar-refractivity contribution in [1.29, 1.82) is 0 Å². The Morgan fingerprint density at radius 3 is 2.48 bits per heavy atom. The summed E-state index contributed by atoms with van der Waals surface area (Å²) in [5, 5.41) is 3.36. The van der Waals surface area contributed by atoms with E-state index in [1.165, 1.54) is 19.3 Å². The van der Waals surface area contributed by atoms with E-state index in [2.05, 4.69) is 17.4 Å². The second-order valence-electron chi connectivity index (χ2n) is 6.12. The van der Waals surface area contributed by atoms with Crippen molar-refractivity contribution >= 4 is 24.0 Å². The largest absolute Gasteiger partial charge is 0.316 e. The number of hydrogen-bond acceptors (Lipinski definition) is 2. The molecule has 1 aromatic rings. The Morgan fingerprint density at radius 1 is 1.14 bits per heavy atom. The summed E-state index contributed by atoms with van der Waals surface area (Å²) in [6.07, 6.45) is 6.02. The maximum absolute atomic E-state index is 12.9. The first kappa shape index (κ1) is 16.3. The molecule has 1 saturated heterocycles. The molecule has 3 nitrogen and oxygen atoms in total. The summed E-state index contributed by atoms with van der Waals surface area (Å²) >= 11 is 0. The number of halogens is 1. The topological polar surface area (TPSA) is 32.3 Å². The van der Waals surface area contributed by atoms with Gasteiger partial charge in [0.15, 0.2) is 0 Å². The first-order chi connectivity index (χ1) is 9.84. The van der Waals surface area contributed by atoms with Crippen LogP contribution in [0.25, 0.3) is 0 Å². The van der Waals surface area contributed by atoms with Gasteiger partial charge in [0, 0.05) is 18.8 Å². The highest BCUT2D eigenvalue weighted by molar-refractivity contribution is 5.95. The molecule has 2 fully saturated rings. The van der Waals surface area contributed by atoms with Crippen LogP contribution in [-0.4, -0.2) is 25.5 Å². The van der Waals surface area contributed by atoms with Gasteiger partial charge in [-0.2, -0.15) is 0 Å². The molecule has 1 aliphatic carbocycles. The number of para-hydroxylation sites is 1. The number of piperidine rings is 1. The van der Waals surface area contributed by atoms with Crippen LogP contribution >= 0.6 is 12.4 Å². The standard InChI is InChI=1S/C17H24N2O.ClH/c20-17(15-8-5-11-18-12-15)19(13-14-6-4-7-14)16-9-2-1-3-10-16;/h1-3,9-10,14-15,18H,4-8,11-13H2;1H. The third kappa shape index (κ3) is 3.98. The monoisotopic (exact) mass is 308 g/mol. The number of anilines is 1. The predicted octanol–water partition coefficient (Wildman–Crippen LogP) is 3.24. The van der Waals surface area contributed by atoms with E-state index in [0.717, 1.165) is 38.2 Å². The molecule has 21 heavy (non-hydrogen) atoms. The average molecular weight is 309 g/mol. The number of hydrogen-bond donors (Lipinski definition) is 1. The highest BCUT2D eigenvalue weighted by Gasteiger charge is 2.30. The van der Waals surface area contributed by atoms with Gasteiger partial charge in [-0.05, 0) is 50.3 Å². The Balaban J connectivity index is 0.00000161. The smallest absolute Gasteiger partial charge is 0.231 e. The van der Waals surface area contributed by atoms with Crippen LogP contribution in [0.5, 0.6) is 0 Å². The second kappa shape index (κ2) is 7.81. The maximum Gasteiger partial charge on any atom is 0.231 e. The first-order valence-corrected chi connectivity index (χ1v) is 7.92. The Bertz CT molecular complexity index is 441. The van der Waals surface area contributed by atoms with Gasteiger partial charge in [0.2, 0.25) is 5.91 Å². The molecular formula is C17H25ClN2O. The molecule has 0 spiro atoms. The zero-order valence-electron chi connectivity index (χ0n) is 12.5. The molecule has 0 radical (unpaired) electrons. The van der Waals surface area contributed by atoms with Gasteiger partial charge in [-0.15, -0.1) is 12.4 Å². The van der Waals surface area contributed by atoms with Gasteiger partial charge < -0.3 is 10.2 Å². The number of nitrogens with one attached hydrogen (secondary N) is 1. The molecule has 1 heterocycles. The first-order valence-electron chi connectivity index (χ1n) is 7.92. The highest BCUT2D eigenvalue weighted by atomic mass is 35.5. The van der Waals surface area contributed by atoms with Crippen molar-refractivity contribution in [2.45, 2.75) is 32.1 Å². The van der Waals surface area contributed by atoms with Gasteiger partial charge in [-0.1, -0.05) is 24.6 Å². The minimum Gasteiger partial charge on any atom is -0.316 e. The van der Waals surface area contributed by atoms with Crippen molar-refractivity contribution in [3.8, 4) is 0 Å². The molecule has 1 aliphatic heterocycles. The molecular weight excluding hydrogens is 284 g/mol. The van der Waals surface area contributed by atoms with Crippen molar-refractivity contribution < 1.29 is 4.79 Å². The van der Waals surface area contributed by atoms with E-state index in [1.807, 2.05) is 23.1 Å². The van der Waals surface area contributed by atoms with E-state index in [1.54, 1.807) is 0 Å². The maximum atomic E-state index is 12.9. The van der Waals surface area contributed by atoms with Gasteiger partial charge in [0.1, 0.15) is 0 Å². The number of nitrogens with zero attached hydrogens (tertiary/aromatic N) is 1. The van der Waals surface area contributed by atoms with Gasteiger partial charge >= 0.3 is 0 Å². The van der Waals surface area contributed by atoms with Crippen LogP contribution in [0.15, 0.2) is 30.3 Å². The molecule has 2 aliphatic rings. The van der Waals surface area contributed by atoms with Crippen LogP contribution in [0.4, 0.5) is 5.69 Å². The van der Waals surface area contributed by atoms with E-state index >= 15 is 0 Å². The molecule has 1 aromatic carbocycles. The van der Waals surface area contributed by atoms with Crippen LogP contribution < -0.4 is 10.2 Å². The lowest BCUT2D eigenvalue weighted by Crippen LogP contribution is -2.45. The van der Waals surface area contributed by atoms with E-state index in [-0.39, 0.29) is 18.3 Å². The summed E-state index contributed by atoms with van der Waals surface area (Å²) in [5.74, 6) is 1.18. The lowest BCUT2D eigenvalue weighted by Gasteiger charge is -2.35. The number of benzene rings is 1. The Morgan fingerprint density at radius 2 is 1.90 bits per heavy atom. The normalized spacial score (nSPS) is 22.0. The lowest BCUT2D eigenvalue weighted by atomic mass is 9.84. The second-order valence-corrected chi connectivity index (χ2v) is 6.12. The summed E-state index contributed by atoms with van der Waals surface area (Å²) in [6, 6.07) is 10.2. The molecule has 0 aromatic heterocycles. The number of carbonyl (C=O) groups excluding carboxylic acids is 1. The number of rotatable bonds is 4. The van der Waals surface area contributed by atoms with Crippen molar-refractivity contribution in [3.05, 3.63) is 30.3 Å².